The molecule has 0 aliphatic carbocycles. The van der Waals surface area contributed by atoms with Crippen LogP contribution in [0.3, 0.4) is 0 Å². The smallest absolute Gasteiger partial charge is 0.236 e. The van der Waals surface area contributed by atoms with E-state index in [2.05, 4.69) is 12.1 Å². The van der Waals surface area contributed by atoms with Gasteiger partial charge in [0.05, 0.1) is 31.4 Å². The van der Waals surface area contributed by atoms with Gasteiger partial charge in [0, 0.05) is 15.5 Å². The number of thioether (sulfide) groups is 1. The first-order chi connectivity index (χ1) is 13.6. The molecule has 1 fully saturated rings. The third-order valence-corrected chi connectivity index (χ3v) is 6.50. The van der Waals surface area contributed by atoms with Crippen molar-refractivity contribution in [3.63, 3.8) is 0 Å². The normalized spacial score (nSPS) is 17.6. The number of nitrogens with one attached hydrogen (secondary N) is 1. The zero-order valence-electron chi connectivity index (χ0n) is 15.8. The summed E-state index contributed by atoms with van der Waals surface area (Å²) >= 11 is 7.52. The van der Waals surface area contributed by atoms with Gasteiger partial charge in [0.15, 0.2) is 11.5 Å². The largest absolute Gasteiger partial charge is 0.454 e. The molecule has 2 aromatic rings. The average molecular weight is 420 g/mol. The standard InChI is InChI=1S/C21H23ClN2O3S/c1-15(28-18-5-3-17(22)4-6-18)21(25)24-10-8-23(9-11-24)13-16-2-7-19-20(12-16)27-14-26-19/h2-7,12,15H,8-11,13-14H2,1H3/p+1/t15-/m1/s1. The Labute approximate surface area is 174 Å². The maximum atomic E-state index is 12.8. The van der Waals surface area contributed by atoms with E-state index in [4.69, 9.17) is 21.1 Å². The molecule has 1 atom stereocenters. The van der Waals surface area contributed by atoms with Crippen molar-refractivity contribution in [2.24, 2.45) is 0 Å². The van der Waals surface area contributed by atoms with Crippen LogP contribution >= 0.6 is 23.4 Å². The Morgan fingerprint density at radius 1 is 1.14 bits per heavy atom. The second-order valence-electron chi connectivity index (χ2n) is 7.15. The number of quaternary nitrogens is 1. The average Bonchev–Trinajstić information content (AvgIpc) is 3.17. The second kappa shape index (κ2) is 8.64. The minimum Gasteiger partial charge on any atom is -0.454 e. The number of hydrogen-bond donors (Lipinski definition) is 1. The molecule has 0 saturated carbocycles. The molecule has 2 aromatic carbocycles. The lowest BCUT2D eigenvalue weighted by Gasteiger charge is -2.33. The number of halogens is 1. The molecule has 1 saturated heterocycles. The fourth-order valence-corrected chi connectivity index (χ4v) is 4.66. The lowest BCUT2D eigenvalue weighted by Crippen LogP contribution is -3.13. The summed E-state index contributed by atoms with van der Waals surface area (Å²) < 4.78 is 10.8. The van der Waals surface area contributed by atoms with Gasteiger partial charge in [0.25, 0.3) is 0 Å². The fraction of sp³-hybridized carbons (Fsp3) is 0.381. The van der Waals surface area contributed by atoms with Crippen LogP contribution in [0.1, 0.15) is 12.5 Å². The Morgan fingerprint density at radius 3 is 2.61 bits per heavy atom. The van der Waals surface area contributed by atoms with Gasteiger partial charge >= 0.3 is 0 Å². The third kappa shape index (κ3) is 4.57. The van der Waals surface area contributed by atoms with E-state index in [-0.39, 0.29) is 11.2 Å². The summed E-state index contributed by atoms with van der Waals surface area (Å²) in [6.45, 7) is 6.73. The minimum atomic E-state index is -0.100. The van der Waals surface area contributed by atoms with Crippen LogP contribution in [0.4, 0.5) is 0 Å². The van der Waals surface area contributed by atoms with Crippen LogP contribution < -0.4 is 14.4 Å². The summed E-state index contributed by atoms with van der Waals surface area (Å²) in [4.78, 5) is 17.4. The molecule has 28 heavy (non-hydrogen) atoms. The highest BCUT2D eigenvalue weighted by molar-refractivity contribution is 8.00. The first kappa shape index (κ1) is 19.4. The molecule has 0 radical (unpaired) electrons. The van der Waals surface area contributed by atoms with Gasteiger partial charge in [-0.05, 0) is 49.4 Å². The summed E-state index contributed by atoms with van der Waals surface area (Å²) in [5.74, 6) is 1.86. The van der Waals surface area contributed by atoms with Gasteiger partial charge in [-0.15, -0.1) is 11.8 Å². The molecule has 2 aliphatic heterocycles. The summed E-state index contributed by atoms with van der Waals surface area (Å²) in [5, 5.41) is 0.612. The number of ether oxygens (including phenoxy) is 2. The maximum Gasteiger partial charge on any atom is 0.236 e. The number of hydrogen-bond acceptors (Lipinski definition) is 4. The summed E-state index contributed by atoms with van der Waals surface area (Å²) in [7, 11) is 0. The van der Waals surface area contributed by atoms with Crippen molar-refractivity contribution in [2.75, 3.05) is 33.0 Å². The second-order valence-corrected chi connectivity index (χ2v) is 9.00. The highest BCUT2D eigenvalue weighted by atomic mass is 35.5. The van der Waals surface area contributed by atoms with Gasteiger partial charge in [-0.3, -0.25) is 4.79 Å². The van der Waals surface area contributed by atoms with Gasteiger partial charge in [-0.2, -0.15) is 0 Å². The van der Waals surface area contributed by atoms with Gasteiger partial charge in [0.2, 0.25) is 12.7 Å². The van der Waals surface area contributed by atoms with Crippen molar-refractivity contribution < 1.29 is 19.2 Å². The summed E-state index contributed by atoms with van der Waals surface area (Å²) in [6, 6.07) is 13.8. The summed E-state index contributed by atoms with van der Waals surface area (Å²) in [5.41, 5.74) is 1.24. The number of piperazine rings is 1. The van der Waals surface area contributed by atoms with Crippen LogP contribution in [0.2, 0.25) is 5.02 Å². The number of fused-ring (bicyclic) bond motifs is 1. The Hall–Kier alpha value is -1.89. The van der Waals surface area contributed by atoms with Crippen LogP contribution in [0.15, 0.2) is 47.4 Å². The molecular weight excluding hydrogens is 396 g/mol. The van der Waals surface area contributed by atoms with Crippen molar-refractivity contribution in [3.8, 4) is 11.5 Å². The van der Waals surface area contributed by atoms with E-state index in [0.717, 1.165) is 49.1 Å². The van der Waals surface area contributed by atoms with Crippen LogP contribution in [0, 0.1) is 0 Å². The number of amides is 1. The van der Waals surface area contributed by atoms with Gasteiger partial charge in [-0.1, -0.05) is 11.6 Å². The molecular formula is C21H24ClN2O3S+. The van der Waals surface area contributed by atoms with E-state index in [1.807, 2.05) is 42.2 Å². The lowest BCUT2D eigenvalue weighted by atomic mass is 10.1. The Balaban J connectivity index is 1.27. The number of carbonyl (C=O) groups is 1. The predicted octanol–water partition coefficient (Wildman–Crippen LogP) is 2.48. The van der Waals surface area contributed by atoms with E-state index < -0.39 is 0 Å². The molecule has 0 spiro atoms. The quantitative estimate of drug-likeness (QED) is 0.756. The van der Waals surface area contributed by atoms with E-state index in [1.54, 1.807) is 11.8 Å². The van der Waals surface area contributed by atoms with E-state index >= 15 is 0 Å². The van der Waals surface area contributed by atoms with Crippen LogP contribution in [0.5, 0.6) is 11.5 Å². The van der Waals surface area contributed by atoms with E-state index in [1.165, 1.54) is 10.5 Å². The molecule has 2 aliphatic rings. The SMILES string of the molecule is C[C@@H](Sc1ccc(Cl)cc1)C(=O)N1CC[NH+](Cc2ccc3c(c2)OCO3)CC1. The van der Waals surface area contributed by atoms with E-state index in [9.17, 15) is 4.79 Å². The van der Waals surface area contributed by atoms with Crippen LogP contribution in [0.25, 0.3) is 0 Å². The maximum absolute atomic E-state index is 12.8. The van der Waals surface area contributed by atoms with Crippen LogP contribution in [-0.4, -0.2) is 49.0 Å². The molecule has 148 valence electrons. The molecule has 1 N–H and O–H groups in total. The molecule has 5 nitrogen and oxygen atoms in total. The first-order valence-corrected chi connectivity index (χ1v) is 10.8. The lowest BCUT2D eigenvalue weighted by molar-refractivity contribution is -0.917. The van der Waals surface area contributed by atoms with E-state index in [0.29, 0.717) is 11.8 Å². The fourth-order valence-electron chi connectivity index (χ4n) is 3.58. The van der Waals surface area contributed by atoms with Gasteiger partial charge in [0.1, 0.15) is 6.54 Å². The molecule has 7 heteroatoms. The minimum absolute atomic E-state index is 0.100. The zero-order chi connectivity index (χ0) is 19.5. The Bertz CT molecular complexity index is 838. The summed E-state index contributed by atoms with van der Waals surface area (Å²) in [6.07, 6.45) is 0. The molecule has 2 heterocycles. The van der Waals surface area contributed by atoms with Gasteiger partial charge < -0.3 is 19.3 Å². The first-order valence-electron chi connectivity index (χ1n) is 9.51. The number of rotatable bonds is 5. The third-order valence-electron chi connectivity index (χ3n) is 5.15. The predicted molar refractivity (Wildman–Crippen MR) is 110 cm³/mol. The number of carbonyl (C=O) groups excluding carboxylic acids is 1. The number of nitrogens with zero attached hydrogens (tertiary/aromatic N) is 1. The Morgan fingerprint density at radius 2 is 1.86 bits per heavy atom. The van der Waals surface area contributed by atoms with Crippen LogP contribution in [-0.2, 0) is 11.3 Å². The highest BCUT2D eigenvalue weighted by Gasteiger charge is 2.27. The van der Waals surface area contributed by atoms with Crippen molar-refractivity contribution in [3.05, 3.63) is 53.1 Å². The van der Waals surface area contributed by atoms with Crippen molar-refractivity contribution in [1.82, 2.24) is 4.90 Å². The Kier molecular flexibility index (Phi) is 5.99. The molecule has 0 bridgehead atoms. The van der Waals surface area contributed by atoms with Crippen molar-refractivity contribution in [1.29, 1.82) is 0 Å². The monoisotopic (exact) mass is 419 g/mol. The van der Waals surface area contributed by atoms with Crippen molar-refractivity contribution in [2.45, 2.75) is 23.6 Å². The van der Waals surface area contributed by atoms with Gasteiger partial charge in [-0.25, -0.2) is 0 Å². The molecule has 1 amide bonds. The molecule has 0 aromatic heterocycles. The molecule has 0 unspecified atom stereocenters. The molecule has 4 rings (SSSR count). The van der Waals surface area contributed by atoms with Crippen molar-refractivity contribution >= 4 is 29.3 Å². The topological polar surface area (TPSA) is 43.2 Å². The highest BCUT2D eigenvalue weighted by Crippen LogP contribution is 2.32. The zero-order valence-corrected chi connectivity index (χ0v) is 17.4. The number of benzene rings is 2.